The van der Waals surface area contributed by atoms with Crippen molar-refractivity contribution in [2.24, 2.45) is 0 Å². The van der Waals surface area contributed by atoms with Crippen LogP contribution in [-0.4, -0.2) is 25.6 Å². The Kier molecular flexibility index (Phi) is 4.28. The molecule has 0 spiro atoms. The fourth-order valence-electron chi connectivity index (χ4n) is 2.72. The number of hydrogen-bond acceptors (Lipinski definition) is 7. The van der Waals surface area contributed by atoms with Crippen molar-refractivity contribution in [2.45, 2.75) is 11.8 Å². The Balaban J connectivity index is 1.68. The van der Waals surface area contributed by atoms with Gasteiger partial charge in [0.2, 0.25) is 0 Å². The molecule has 0 atom stereocenters. The van der Waals surface area contributed by atoms with Crippen LogP contribution in [0, 0.1) is 6.92 Å². The molecule has 0 saturated heterocycles. The summed E-state index contributed by atoms with van der Waals surface area (Å²) in [5.74, 6) is -0.734. The number of aromatic nitrogens is 1. The first-order chi connectivity index (χ1) is 13.2. The third kappa shape index (κ3) is 3.41. The quantitative estimate of drug-likeness (QED) is 0.551. The zero-order valence-electron chi connectivity index (χ0n) is 14.8. The molecule has 0 fully saturated rings. The van der Waals surface area contributed by atoms with Gasteiger partial charge in [-0.15, -0.1) is 0 Å². The molecule has 2 aromatic heterocycles. The molecular weight excluding hydrogens is 400 g/mol. The van der Waals surface area contributed by atoms with Crippen LogP contribution in [0.15, 0.2) is 56.6 Å². The molecule has 7 nitrogen and oxygen atoms in total. The van der Waals surface area contributed by atoms with Gasteiger partial charge < -0.3 is 4.42 Å². The summed E-state index contributed by atoms with van der Waals surface area (Å²) in [6.07, 6.45) is 1.13. The van der Waals surface area contributed by atoms with Crippen LogP contribution in [0.25, 0.3) is 21.2 Å². The van der Waals surface area contributed by atoms with E-state index in [1.54, 1.807) is 24.3 Å². The molecular formula is C19H14N2O5S2. The molecule has 2 heterocycles. The second-order valence-corrected chi connectivity index (χ2v) is 9.40. The molecule has 4 aromatic rings. The highest BCUT2D eigenvalue weighted by molar-refractivity contribution is 7.90. The molecule has 2 aromatic carbocycles. The van der Waals surface area contributed by atoms with E-state index in [2.05, 4.69) is 10.3 Å². The lowest BCUT2D eigenvalue weighted by Gasteiger charge is -2.03. The van der Waals surface area contributed by atoms with Crippen molar-refractivity contribution in [3.8, 4) is 0 Å². The van der Waals surface area contributed by atoms with Crippen molar-refractivity contribution < 1.29 is 17.6 Å². The summed E-state index contributed by atoms with van der Waals surface area (Å²) in [4.78, 5) is 29.2. The van der Waals surface area contributed by atoms with Crippen LogP contribution < -0.4 is 10.7 Å². The molecule has 0 aliphatic heterocycles. The third-order valence-electron chi connectivity index (χ3n) is 4.12. The number of thiazole rings is 1. The van der Waals surface area contributed by atoms with Crippen LogP contribution in [0.5, 0.6) is 0 Å². The van der Waals surface area contributed by atoms with Crippen LogP contribution in [0.4, 0.5) is 5.13 Å². The van der Waals surface area contributed by atoms with Gasteiger partial charge in [-0.05, 0) is 42.8 Å². The summed E-state index contributed by atoms with van der Waals surface area (Å²) in [7, 11) is -3.34. The maximum absolute atomic E-state index is 12.5. The molecule has 9 heteroatoms. The summed E-state index contributed by atoms with van der Waals surface area (Å²) in [5.41, 5.74) is 1.48. The van der Waals surface area contributed by atoms with E-state index < -0.39 is 15.7 Å². The van der Waals surface area contributed by atoms with Crippen LogP contribution in [0.3, 0.4) is 0 Å². The van der Waals surface area contributed by atoms with E-state index in [-0.39, 0.29) is 21.2 Å². The minimum absolute atomic E-state index is 0.126. The average molecular weight is 414 g/mol. The Morgan fingerprint density at radius 2 is 1.93 bits per heavy atom. The van der Waals surface area contributed by atoms with Gasteiger partial charge in [0.25, 0.3) is 5.91 Å². The summed E-state index contributed by atoms with van der Waals surface area (Å²) in [6, 6.07) is 10.8. The molecule has 1 N–H and O–H groups in total. The topological polar surface area (TPSA) is 106 Å². The second kappa shape index (κ2) is 6.54. The Morgan fingerprint density at radius 1 is 1.14 bits per heavy atom. The van der Waals surface area contributed by atoms with Gasteiger partial charge in [0.1, 0.15) is 5.58 Å². The standard InChI is InChI=1S/C19H14N2O5S2/c1-10-3-5-12-14(22)9-16(26-15(12)7-10)18(23)21-19-20-13-6-4-11(28(2,24)25)8-17(13)27-19/h3-9H,1-2H3,(H,20,21,23). The zero-order valence-corrected chi connectivity index (χ0v) is 16.5. The minimum Gasteiger partial charge on any atom is -0.451 e. The Hall–Kier alpha value is -3.04. The fourth-order valence-corrected chi connectivity index (χ4v) is 4.34. The van der Waals surface area contributed by atoms with Crippen molar-refractivity contribution >= 4 is 53.4 Å². The molecule has 0 saturated carbocycles. The van der Waals surface area contributed by atoms with Crippen LogP contribution in [-0.2, 0) is 9.84 Å². The number of aryl methyl sites for hydroxylation is 1. The SMILES string of the molecule is Cc1ccc2c(=O)cc(C(=O)Nc3nc4ccc(S(C)(=O)=O)cc4s3)oc2c1. The number of amides is 1. The number of anilines is 1. The van der Waals surface area contributed by atoms with Crippen molar-refractivity contribution in [3.63, 3.8) is 0 Å². The number of carbonyl (C=O) groups excluding carboxylic acids is 1. The summed E-state index contributed by atoms with van der Waals surface area (Å²) >= 11 is 1.13. The highest BCUT2D eigenvalue weighted by atomic mass is 32.2. The Labute approximate surface area is 163 Å². The molecule has 0 aliphatic carbocycles. The molecule has 142 valence electrons. The lowest BCUT2D eigenvalue weighted by atomic mass is 10.1. The monoisotopic (exact) mass is 414 g/mol. The predicted molar refractivity (Wildman–Crippen MR) is 108 cm³/mol. The van der Waals surface area contributed by atoms with Gasteiger partial charge in [-0.25, -0.2) is 13.4 Å². The van der Waals surface area contributed by atoms with E-state index in [0.29, 0.717) is 21.2 Å². The van der Waals surface area contributed by atoms with E-state index in [1.807, 2.05) is 6.92 Å². The first-order valence-electron chi connectivity index (χ1n) is 8.17. The smallest absolute Gasteiger partial charge is 0.293 e. The van der Waals surface area contributed by atoms with Gasteiger partial charge in [0.05, 0.1) is 20.5 Å². The zero-order chi connectivity index (χ0) is 20.1. The normalized spacial score (nSPS) is 11.8. The number of rotatable bonds is 3. The maximum atomic E-state index is 12.5. The molecule has 0 radical (unpaired) electrons. The molecule has 4 rings (SSSR count). The van der Waals surface area contributed by atoms with E-state index in [1.165, 1.54) is 12.1 Å². The summed E-state index contributed by atoms with van der Waals surface area (Å²) in [6.45, 7) is 1.86. The predicted octanol–water partition coefficient (Wildman–Crippen LogP) is 3.37. The second-order valence-electron chi connectivity index (χ2n) is 6.35. The number of hydrogen-bond donors (Lipinski definition) is 1. The van der Waals surface area contributed by atoms with E-state index in [0.717, 1.165) is 29.2 Å². The molecule has 0 bridgehead atoms. The lowest BCUT2D eigenvalue weighted by Crippen LogP contribution is -2.14. The molecule has 1 amide bonds. The number of sulfone groups is 1. The number of benzene rings is 2. The number of carbonyl (C=O) groups is 1. The van der Waals surface area contributed by atoms with Crippen molar-refractivity contribution in [3.05, 3.63) is 64.0 Å². The Morgan fingerprint density at radius 3 is 2.68 bits per heavy atom. The Bertz CT molecular complexity index is 1420. The van der Waals surface area contributed by atoms with Crippen LogP contribution >= 0.6 is 11.3 Å². The van der Waals surface area contributed by atoms with E-state index >= 15 is 0 Å². The third-order valence-corrected chi connectivity index (χ3v) is 6.16. The van der Waals surface area contributed by atoms with Crippen LogP contribution in [0.2, 0.25) is 0 Å². The fraction of sp³-hybridized carbons (Fsp3) is 0.105. The largest absolute Gasteiger partial charge is 0.451 e. The number of nitrogens with zero attached hydrogens (tertiary/aromatic N) is 1. The van der Waals surface area contributed by atoms with Gasteiger partial charge in [-0.2, -0.15) is 0 Å². The average Bonchev–Trinajstić information content (AvgIpc) is 3.01. The van der Waals surface area contributed by atoms with Crippen molar-refractivity contribution in [1.82, 2.24) is 4.98 Å². The lowest BCUT2D eigenvalue weighted by molar-refractivity contribution is 0.0997. The van der Waals surface area contributed by atoms with E-state index in [9.17, 15) is 18.0 Å². The highest BCUT2D eigenvalue weighted by Crippen LogP contribution is 2.28. The first-order valence-corrected chi connectivity index (χ1v) is 10.9. The maximum Gasteiger partial charge on any atom is 0.293 e. The van der Waals surface area contributed by atoms with Gasteiger partial charge in [-0.3, -0.25) is 14.9 Å². The minimum atomic E-state index is -3.34. The van der Waals surface area contributed by atoms with Gasteiger partial charge in [0, 0.05) is 12.3 Å². The number of fused-ring (bicyclic) bond motifs is 2. The van der Waals surface area contributed by atoms with Gasteiger partial charge >= 0.3 is 0 Å². The van der Waals surface area contributed by atoms with Crippen molar-refractivity contribution in [2.75, 3.05) is 11.6 Å². The summed E-state index contributed by atoms with van der Waals surface area (Å²) in [5, 5.41) is 3.27. The van der Waals surface area contributed by atoms with E-state index in [4.69, 9.17) is 4.42 Å². The summed E-state index contributed by atoms with van der Waals surface area (Å²) < 4.78 is 29.6. The number of nitrogens with one attached hydrogen (secondary N) is 1. The van der Waals surface area contributed by atoms with Gasteiger partial charge in [-0.1, -0.05) is 17.4 Å². The highest BCUT2D eigenvalue weighted by Gasteiger charge is 2.16. The first kappa shape index (κ1) is 18.3. The van der Waals surface area contributed by atoms with Gasteiger partial charge in [0.15, 0.2) is 26.2 Å². The van der Waals surface area contributed by atoms with Crippen molar-refractivity contribution in [1.29, 1.82) is 0 Å². The molecule has 0 unspecified atom stereocenters. The molecule has 28 heavy (non-hydrogen) atoms. The van der Waals surface area contributed by atoms with Crippen LogP contribution in [0.1, 0.15) is 16.1 Å². The molecule has 0 aliphatic rings.